The van der Waals surface area contributed by atoms with Gasteiger partial charge in [-0.05, 0) is 19.3 Å². The lowest BCUT2D eigenvalue weighted by Gasteiger charge is -2.10. The Hall–Kier alpha value is -0.920. The number of hydrogen-bond acceptors (Lipinski definition) is 4. The molecule has 7 heteroatoms. The summed E-state index contributed by atoms with van der Waals surface area (Å²) < 4.78 is 33.5. The molecule has 0 saturated heterocycles. The zero-order valence-corrected chi connectivity index (χ0v) is 12.0. The predicted molar refractivity (Wildman–Crippen MR) is 71.2 cm³/mol. The van der Waals surface area contributed by atoms with Crippen molar-refractivity contribution < 1.29 is 13.2 Å². The molecule has 2 rings (SSSR count). The van der Waals surface area contributed by atoms with Crippen molar-refractivity contribution in [3.8, 4) is 0 Å². The van der Waals surface area contributed by atoms with Gasteiger partial charge in [-0.25, -0.2) is 18.1 Å². The van der Waals surface area contributed by atoms with Crippen molar-refractivity contribution in [3.63, 3.8) is 0 Å². The van der Waals surface area contributed by atoms with Crippen LogP contribution in [0, 0.1) is 0 Å². The Kier molecular flexibility index (Phi) is 4.95. The molecular formula is C12H21N3O3S. The van der Waals surface area contributed by atoms with Crippen molar-refractivity contribution in [2.45, 2.75) is 43.2 Å². The highest BCUT2D eigenvalue weighted by Gasteiger charge is 2.17. The van der Waals surface area contributed by atoms with Crippen molar-refractivity contribution in [1.29, 1.82) is 0 Å². The van der Waals surface area contributed by atoms with Crippen LogP contribution in [0.1, 0.15) is 32.1 Å². The largest absolute Gasteiger partial charge is 0.378 e. The molecule has 19 heavy (non-hydrogen) atoms. The molecule has 0 amide bonds. The van der Waals surface area contributed by atoms with Crippen molar-refractivity contribution in [2.24, 2.45) is 7.05 Å². The van der Waals surface area contributed by atoms with Gasteiger partial charge in [0, 0.05) is 26.4 Å². The van der Waals surface area contributed by atoms with Gasteiger partial charge in [-0.1, -0.05) is 12.8 Å². The fraction of sp³-hybridized carbons (Fsp3) is 0.750. The topological polar surface area (TPSA) is 73.2 Å². The molecule has 108 valence electrons. The molecule has 1 fully saturated rings. The molecule has 1 aromatic heterocycles. The van der Waals surface area contributed by atoms with Crippen LogP contribution in [0.15, 0.2) is 17.6 Å². The zero-order valence-electron chi connectivity index (χ0n) is 11.2. The van der Waals surface area contributed by atoms with Gasteiger partial charge in [-0.15, -0.1) is 0 Å². The first kappa shape index (κ1) is 14.5. The Labute approximate surface area is 114 Å². The Bertz CT molecular complexity index is 492. The number of aryl methyl sites for hydroxylation is 1. The Morgan fingerprint density at radius 1 is 1.47 bits per heavy atom. The molecular weight excluding hydrogens is 266 g/mol. The summed E-state index contributed by atoms with van der Waals surface area (Å²) in [5.41, 5.74) is 0. The van der Waals surface area contributed by atoms with E-state index in [1.54, 1.807) is 11.6 Å². The molecule has 0 atom stereocenters. The normalized spacial score (nSPS) is 17.1. The first-order valence-corrected chi connectivity index (χ1v) is 8.15. The summed E-state index contributed by atoms with van der Waals surface area (Å²) in [4.78, 5) is 3.83. The molecule has 1 saturated carbocycles. The highest BCUT2D eigenvalue weighted by Crippen LogP contribution is 2.20. The maximum atomic E-state index is 11.8. The molecule has 0 bridgehead atoms. The molecule has 6 nitrogen and oxygen atoms in total. The molecule has 1 aliphatic rings. The quantitative estimate of drug-likeness (QED) is 0.761. The van der Waals surface area contributed by atoms with Crippen LogP contribution in [0.3, 0.4) is 0 Å². The van der Waals surface area contributed by atoms with E-state index >= 15 is 0 Å². The number of rotatable bonds is 7. The minimum absolute atomic E-state index is 0.0618. The van der Waals surface area contributed by atoms with E-state index in [4.69, 9.17) is 4.74 Å². The van der Waals surface area contributed by atoms with E-state index in [-0.39, 0.29) is 5.03 Å². The lowest BCUT2D eigenvalue weighted by Crippen LogP contribution is -2.26. The average Bonchev–Trinajstić information content (AvgIpc) is 3.00. The van der Waals surface area contributed by atoms with Crippen LogP contribution in [0.2, 0.25) is 0 Å². The second kappa shape index (κ2) is 6.49. The summed E-state index contributed by atoms with van der Waals surface area (Å²) in [5, 5.41) is 0.0618. The third-order valence-electron chi connectivity index (χ3n) is 3.23. The summed E-state index contributed by atoms with van der Waals surface area (Å²) in [5.74, 6) is 0. The molecule has 0 radical (unpaired) electrons. The highest BCUT2D eigenvalue weighted by molar-refractivity contribution is 7.89. The number of ether oxygens (including phenoxy) is 1. The fourth-order valence-corrected chi connectivity index (χ4v) is 3.24. The minimum Gasteiger partial charge on any atom is -0.378 e. The molecule has 0 unspecified atom stereocenters. The maximum absolute atomic E-state index is 11.8. The summed E-state index contributed by atoms with van der Waals surface area (Å²) in [7, 11) is -1.74. The number of hydrogen-bond donors (Lipinski definition) is 1. The minimum atomic E-state index is -3.48. The van der Waals surface area contributed by atoms with Gasteiger partial charge in [0.1, 0.15) is 0 Å². The first-order valence-electron chi connectivity index (χ1n) is 6.67. The lowest BCUT2D eigenvalue weighted by atomic mass is 10.3. The first-order chi connectivity index (χ1) is 9.08. The Morgan fingerprint density at radius 3 is 2.84 bits per heavy atom. The van der Waals surface area contributed by atoms with Crippen molar-refractivity contribution in [2.75, 3.05) is 13.2 Å². The van der Waals surface area contributed by atoms with E-state index in [0.717, 1.165) is 12.8 Å². The Morgan fingerprint density at radius 2 is 2.21 bits per heavy atom. The van der Waals surface area contributed by atoms with Crippen LogP contribution >= 0.6 is 0 Å². The van der Waals surface area contributed by atoms with Gasteiger partial charge in [-0.3, -0.25) is 0 Å². The lowest BCUT2D eigenvalue weighted by molar-refractivity contribution is 0.0575. The molecule has 1 aromatic rings. The van der Waals surface area contributed by atoms with Gasteiger partial charge < -0.3 is 9.30 Å². The third-order valence-corrected chi connectivity index (χ3v) is 4.57. The van der Waals surface area contributed by atoms with Gasteiger partial charge in [0.25, 0.3) is 10.0 Å². The van der Waals surface area contributed by atoms with Gasteiger partial charge in [-0.2, -0.15) is 0 Å². The average molecular weight is 287 g/mol. The van der Waals surface area contributed by atoms with E-state index in [0.29, 0.717) is 25.7 Å². The molecule has 0 aliphatic heterocycles. The third kappa shape index (κ3) is 4.29. The van der Waals surface area contributed by atoms with Crippen molar-refractivity contribution in [1.82, 2.24) is 14.3 Å². The van der Waals surface area contributed by atoms with E-state index in [1.165, 1.54) is 25.4 Å². The number of sulfonamides is 1. The predicted octanol–water partition coefficient (Wildman–Crippen LogP) is 1.05. The number of aromatic nitrogens is 2. The van der Waals surface area contributed by atoms with Crippen LogP contribution in [-0.4, -0.2) is 37.2 Å². The summed E-state index contributed by atoms with van der Waals surface area (Å²) in [6, 6.07) is 0. The zero-order chi connectivity index (χ0) is 13.7. The van der Waals surface area contributed by atoms with Crippen LogP contribution in [0.4, 0.5) is 0 Å². The van der Waals surface area contributed by atoms with E-state index in [9.17, 15) is 8.42 Å². The summed E-state index contributed by atoms with van der Waals surface area (Å²) in [6.07, 6.45) is 8.79. The molecule has 1 heterocycles. The van der Waals surface area contributed by atoms with E-state index < -0.39 is 10.0 Å². The maximum Gasteiger partial charge on any atom is 0.259 e. The molecule has 1 aliphatic carbocycles. The van der Waals surface area contributed by atoms with Crippen molar-refractivity contribution in [3.05, 3.63) is 12.5 Å². The fourth-order valence-electron chi connectivity index (χ4n) is 2.19. The standard InChI is InChI=1S/C12H21N3O3S/c1-15-9-12(13-10-15)19(16,17)14-7-4-8-18-11-5-2-3-6-11/h9-11,14H,2-8H2,1H3. The SMILES string of the molecule is Cn1cnc(S(=O)(=O)NCCCOC2CCCC2)c1. The van der Waals surface area contributed by atoms with Crippen LogP contribution in [0.25, 0.3) is 0 Å². The summed E-state index contributed by atoms with van der Waals surface area (Å²) in [6.45, 7) is 0.987. The molecule has 0 aromatic carbocycles. The smallest absolute Gasteiger partial charge is 0.259 e. The van der Waals surface area contributed by atoms with Crippen LogP contribution in [0.5, 0.6) is 0 Å². The Balaban J connectivity index is 1.67. The molecule has 0 spiro atoms. The monoisotopic (exact) mass is 287 g/mol. The highest BCUT2D eigenvalue weighted by atomic mass is 32.2. The van der Waals surface area contributed by atoms with E-state index in [2.05, 4.69) is 9.71 Å². The molecule has 1 N–H and O–H groups in total. The van der Waals surface area contributed by atoms with Crippen LogP contribution in [-0.2, 0) is 21.8 Å². The van der Waals surface area contributed by atoms with Gasteiger partial charge >= 0.3 is 0 Å². The van der Waals surface area contributed by atoms with Gasteiger partial charge in [0.2, 0.25) is 0 Å². The van der Waals surface area contributed by atoms with Gasteiger partial charge in [0.15, 0.2) is 5.03 Å². The summed E-state index contributed by atoms with van der Waals surface area (Å²) >= 11 is 0. The van der Waals surface area contributed by atoms with Crippen LogP contribution < -0.4 is 4.72 Å². The van der Waals surface area contributed by atoms with E-state index in [1.807, 2.05) is 0 Å². The number of imidazole rings is 1. The second-order valence-electron chi connectivity index (χ2n) is 4.91. The van der Waals surface area contributed by atoms with Crippen molar-refractivity contribution >= 4 is 10.0 Å². The number of nitrogens with zero attached hydrogens (tertiary/aromatic N) is 2. The number of nitrogens with one attached hydrogen (secondary N) is 1. The second-order valence-corrected chi connectivity index (χ2v) is 6.62. The van der Waals surface area contributed by atoms with Gasteiger partial charge in [0.05, 0.1) is 12.4 Å².